The largest absolute Gasteiger partial charge is 0.502 e. The molecule has 2 aromatic carbocycles. The van der Waals surface area contributed by atoms with Crippen molar-refractivity contribution < 1.29 is 28.2 Å². The van der Waals surface area contributed by atoms with Crippen molar-refractivity contribution in [2.75, 3.05) is 4.90 Å². The third kappa shape index (κ3) is 3.03. The number of carbonyl (C=O) groups excluding carboxylic acids is 2. The van der Waals surface area contributed by atoms with Crippen molar-refractivity contribution in [3.63, 3.8) is 0 Å². The summed E-state index contributed by atoms with van der Waals surface area (Å²) in [5.41, 5.74) is -0.403. The van der Waals surface area contributed by atoms with Gasteiger partial charge in [-0.05, 0) is 43.7 Å². The Morgan fingerprint density at radius 3 is 2.23 bits per heavy atom. The number of hydrogen-bond acceptors (Lipinski definition) is 4. The van der Waals surface area contributed by atoms with Crippen molar-refractivity contribution in [3.8, 4) is 5.75 Å². The van der Waals surface area contributed by atoms with Gasteiger partial charge in [0.1, 0.15) is 17.4 Å². The fourth-order valence-corrected chi connectivity index (χ4v) is 2.63. The van der Waals surface area contributed by atoms with Crippen LogP contribution in [0.3, 0.4) is 0 Å². The molecule has 1 N–H and O–H groups in total. The molecule has 0 bridgehead atoms. The van der Waals surface area contributed by atoms with Crippen LogP contribution in [0.4, 0.5) is 14.5 Å². The number of hydrogen-bond donors (Lipinski definition) is 1. The third-order valence-electron chi connectivity index (χ3n) is 3.72. The van der Waals surface area contributed by atoms with Gasteiger partial charge in [-0.3, -0.25) is 9.59 Å². The Kier molecular flexibility index (Phi) is 4.46. The first kappa shape index (κ1) is 17.6. The van der Waals surface area contributed by atoms with Crippen LogP contribution in [0.15, 0.2) is 48.2 Å². The van der Waals surface area contributed by atoms with Gasteiger partial charge in [0.15, 0.2) is 5.76 Å². The zero-order valence-electron chi connectivity index (χ0n) is 14.0. The molecule has 2 amide bonds. The average molecular weight is 359 g/mol. The summed E-state index contributed by atoms with van der Waals surface area (Å²) in [6.07, 6.45) is -0.0416. The molecule has 0 atom stereocenters. The molecule has 5 nitrogen and oxygen atoms in total. The number of amides is 2. The Balaban J connectivity index is 1.96. The topological polar surface area (TPSA) is 66.8 Å². The van der Waals surface area contributed by atoms with E-state index in [9.17, 15) is 23.5 Å². The molecule has 7 heteroatoms. The van der Waals surface area contributed by atoms with Crippen LogP contribution in [0.1, 0.15) is 19.4 Å². The molecule has 2 aromatic rings. The summed E-state index contributed by atoms with van der Waals surface area (Å²) in [6, 6.07) is 8.66. The van der Waals surface area contributed by atoms with Gasteiger partial charge < -0.3 is 9.84 Å². The lowest BCUT2D eigenvalue weighted by atomic mass is 10.1. The van der Waals surface area contributed by atoms with Crippen molar-refractivity contribution in [3.05, 3.63) is 65.4 Å². The number of nitrogens with zero attached hydrogens (tertiary/aromatic N) is 1. The Morgan fingerprint density at radius 1 is 1.00 bits per heavy atom. The highest BCUT2D eigenvalue weighted by Crippen LogP contribution is 2.33. The van der Waals surface area contributed by atoms with Crippen molar-refractivity contribution in [1.29, 1.82) is 0 Å². The molecule has 1 aliphatic rings. The second-order valence-corrected chi connectivity index (χ2v) is 5.96. The van der Waals surface area contributed by atoms with Crippen molar-refractivity contribution in [2.45, 2.75) is 20.0 Å². The van der Waals surface area contributed by atoms with E-state index >= 15 is 0 Å². The quantitative estimate of drug-likeness (QED) is 0.847. The maximum atomic E-state index is 14.0. The summed E-state index contributed by atoms with van der Waals surface area (Å²) in [5.74, 6) is -4.13. The third-order valence-corrected chi connectivity index (χ3v) is 3.72. The maximum absolute atomic E-state index is 14.0. The minimum absolute atomic E-state index is 0.0416. The fourth-order valence-electron chi connectivity index (χ4n) is 2.63. The first-order valence-corrected chi connectivity index (χ1v) is 7.83. The van der Waals surface area contributed by atoms with Gasteiger partial charge in [0.25, 0.3) is 5.91 Å². The number of carbonyl (C=O) groups is 2. The number of anilines is 1. The van der Waals surface area contributed by atoms with Gasteiger partial charge in [-0.15, -0.1) is 0 Å². The van der Waals surface area contributed by atoms with Gasteiger partial charge in [0.2, 0.25) is 0 Å². The van der Waals surface area contributed by atoms with Crippen LogP contribution in [0, 0.1) is 11.6 Å². The van der Waals surface area contributed by atoms with E-state index in [-0.39, 0.29) is 17.2 Å². The maximum Gasteiger partial charge on any atom is 0.301 e. The minimum atomic E-state index is -1.08. The van der Waals surface area contributed by atoms with Crippen LogP contribution < -0.4 is 9.64 Å². The van der Waals surface area contributed by atoms with Gasteiger partial charge in [0, 0.05) is 6.07 Å². The van der Waals surface area contributed by atoms with E-state index in [4.69, 9.17) is 4.74 Å². The van der Waals surface area contributed by atoms with Gasteiger partial charge >= 0.3 is 5.91 Å². The standard InChI is InChI=1S/C19H15F2NO4/c1-10(2)26-13-6-3-11(4-7-13)16-17(23)19(25)22(18(16)24)15-8-5-12(20)9-14(15)21/h3-10,23H,1-2H3. The van der Waals surface area contributed by atoms with E-state index in [2.05, 4.69) is 0 Å². The monoisotopic (exact) mass is 359 g/mol. The van der Waals surface area contributed by atoms with Crippen LogP contribution in [-0.2, 0) is 9.59 Å². The number of halogens is 2. The number of rotatable bonds is 4. The predicted molar refractivity (Wildman–Crippen MR) is 90.6 cm³/mol. The molecule has 0 fully saturated rings. The highest BCUT2D eigenvalue weighted by atomic mass is 19.1. The summed E-state index contributed by atoms with van der Waals surface area (Å²) < 4.78 is 32.6. The summed E-state index contributed by atoms with van der Waals surface area (Å²) >= 11 is 0. The lowest BCUT2D eigenvalue weighted by molar-refractivity contribution is -0.121. The molecule has 1 aliphatic heterocycles. The highest BCUT2D eigenvalue weighted by molar-refractivity contribution is 6.44. The Bertz CT molecular complexity index is 920. The van der Waals surface area contributed by atoms with E-state index in [1.807, 2.05) is 13.8 Å². The SMILES string of the molecule is CC(C)Oc1ccc(C2=C(O)C(=O)N(c3ccc(F)cc3F)C2=O)cc1. The molecule has 134 valence electrons. The van der Waals surface area contributed by atoms with Crippen molar-refractivity contribution in [2.24, 2.45) is 0 Å². The summed E-state index contributed by atoms with van der Waals surface area (Å²) in [5, 5.41) is 10.1. The number of aliphatic hydroxyl groups is 1. The van der Waals surface area contributed by atoms with Crippen LogP contribution >= 0.6 is 0 Å². The lowest BCUT2D eigenvalue weighted by Crippen LogP contribution is -2.32. The average Bonchev–Trinajstić information content (AvgIpc) is 2.78. The summed E-state index contributed by atoms with van der Waals surface area (Å²) in [7, 11) is 0. The van der Waals surface area contributed by atoms with E-state index in [0.717, 1.165) is 12.1 Å². The number of aliphatic hydroxyl groups excluding tert-OH is 1. The molecule has 0 radical (unpaired) electrons. The van der Waals surface area contributed by atoms with Crippen molar-refractivity contribution in [1.82, 2.24) is 0 Å². The Morgan fingerprint density at radius 2 is 1.65 bits per heavy atom. The van der Waals surface area contributed by atoms with E-state index < -0.39 is 34.9 Å². The van der Waals surface area contributed by atoms with Crippen LogP contribution in [-0.4, -0.2) is 23.0 Å². The molecule has 0 aliphatic carbocycles. The molecule has 26 heavy (non-hydrogen) atoms. The molecule has 0 saturated heterocycles. The number of ether oxygens (including phenoxy) is 1. The van der Waals surface area contributed by atoms with Gasteiger partial charge in [-0.25, -0.2) is 13.7 Å². The van der Waals surface area contributed by atoms with Gasteiger partial charge in [-0.1, -0.05) is 12.1 Å². The molecule has 0 spiro atoms. The highest BCUT2D eigenvalue weighted by Gasteiger charge is 2.41. The van der Waals surface area contributed by atoms with Crippen LogP contribution in [0.2, 0.25) is 0 Å². The first-order valence-electron chi connectivity index (χ1n) is 7.83. The van der Waals surface area contributed by atoms with Crippen molar-refractivity contribution >= 4 is 23.1 Å². The normalized spacial score (nSPS) is 14.6. The van der Waals surface area contributed by atoms with Gasteiger partial charge in [0.05, 0.1) is 17.4 Å². The van der Waals surface area contributed by atoms with E-state index in [0.29, 0.717) is 16.7 Å². The molecular weight excluding hydrogens is 344 g/mol. The van der Waals surface area contributed by atoms with Crippen LogP contribution in [0.25, 0.3) is 5.57 Å². The second kappa shape index (κ2) is 6.59. The lowest BCUT2D eigenvalue weighted by Gasteiger charge is -2.15. The smallest absolute Gasteiger partial charge is 0.301 e. The number of benzene rings is 2. The Hall–Kier alpha value is -3.22. The molecule has 1 heterocycles. The molecule has 0 unspecified atom stereocenters. The molecule has 0 aromatic heterocycles. The molecule has 0 saturated carbocycles. The number of imide groups is 1. The fraction of sp³-hybridized carbons (Fsp3) is 0.158. The zero-order chi connectivity index (χ0) is 19.0. The first-order chi connectivity index (χ1) is 12.3. The molecular formula is C19H15F2NO4. The predicted octanol–water partition coefficient (Wildman–Crippen LogP) is 3.59. The summed E-state index contributed by atoms with van der Waals surface area (Å²) in [6.45, 7) is 3.72. The summed E-state index contributed by atoms with van der Waals surface area (Å²) in [4.78, 5) is 25.4. The zero-order valence-corrected chi connectivity index (χ0v) is 14.0. The van der Waals surface area contributed by atoms with E-state index in [1.54, 1.807) is 12.1 Å². The second-order valence-electron chi connectivity index (χ2n) is 5.96. The van der Waals surface area contributed by atoms with E-state index in [1.165, 1.54) is 12.1 Å². The van der Waals surface area contributed by atoms with Crippen LogP contribution in [0.5, 0.6) is 5.75 Å². The minimum Gasteiger partial charge on any atom is -0.502 e. The Labute approximate surface area is 148 Å². The molecule has 3 rings (SSSR count). The van der Waals surface area contributed by atoms with Gasteiger partial charge in [-0.2, -0.15) is 0 Å².